The predicted molar refractivity (Wildman–Crippen MR) is 81.0 cm³/mol. The van der Waals surface area contributed by atoms with Gasteiger partial charge >= 0.3 is 0 Å². The molecule has 2 rings (SSSR count). The van der Waals surface area contributed by atoms with Crippen LogP contribution in [0.25, 0.3) is 0 Å². The van der Waals surface area contributed by atoms with Gasteiger partial charge < -0.3 is 10.3 Å². The highest BCUT2D eigenvalue weighted by molar-refractivity contribution is 9.10. The molecule has 2 aromatic rings. The lowest BCUT2D eigenvalue weighted by atomic mass is 10.2. The zero-order chi connectivity index (χ0) is 13.7. The van der Waals surface area contributed by atoms with Crippen LogP contribution in [-0.4, -0.2) is 10.1 Å². The molecule has 0 aliphatic heterocycles. The minimum Gasteiger partial charge on any atom is -0.399 e. The number of nitrogens with two attached hydrogens (primary N) is 1. The Kier molecular flexibility index (Phi) is 5.27. The quantitative estimate of drug-likeness (QED) is 0.634. The Morgan fingerprint density at radius 1 is 1.42 bits per heavy atom. The molecule has 0 bridgehead atoms. The van der Waals surface area contributed by atoms with Crippen molar-refractivity contribution in [2.45, 2.75) is 36.8 Å². The van der Waals surface area contributed by atoms with E-state index in [-0.39, 0.29) is 0 Å². The number of aryl methyl sites for hydroxylation is 1. The van der Waals surface area contributed by atoms with Crippen molar-refractivity contribution in [1.29, 1.82) is 0 Å². The largest absolute Gasteiger partial charge is 0.399 e. The smallest absolute Gasteiger partial charge is 0.237 e. The van der Waals surface area contributed by atoms with Crippen LogP contribution in [0.5, 0.6) is 0 Å². The molecule has 0 aliphatic carbocycles. The van der Waals surface area contributed by atoms with Crippen molar-refractivity contribution in [2.24, 2.45) is 0 Å². The van der Waals surface area contributed by atoms with Crippen LogP contribution in [0.15, 0.2) is 32.1 Å². The molecule has 0 amide bonds. The van der Waals surface area contributed by atoms with Crippen LogP contribution in [0.3, 0.4) is 0 Å². The summed E-state index contributed by atoms with van der Waals surface area (Å²) in [6.07, 6.45) is 3.11. The maximum atomic E-state index is 5.70. The molecule has 0 unspecified atom stereocenters. The summed E-state index contributed by atoms with van der Waals surface area (Å²) in [6, 6.07) is 5.76. The summed E-state index contributed by atoms with van der Waals surface area (Å²) in [5, 5.41) is 3.97. The molecule has 0 saturated heterocycles. The van der Waals surface area contributed by atoms with E-state index in [2.05, 4.69) is 33.0 Å². The molecule has 0 saturated carbocycles. The Hall–Kier alpha value is -1.01. The average Bonchev–Trinajstić information content (AvgIpc) is 2.83. The van der Waals surface area contributed by atoms with Gasteiger partial charge in [-0.1, -0.05) is 18.5 Å². The number of rotatable bonds is 6. The molecule has 0 aliphatic rings. The Morgan fingerprint density at radius 2 is 2.26 bits per heavy atom. The first-order valence-corrected chi connectivity index (χ1v) is 7.96. The second-order valence-corrected chi connectivity index (χ2v) is 6.06. The van der Waals surface area contributed by atoms with Crippen LogP contribution >= 0.6 is 27.7 Å². The number of nitrogen functional groups attached to an aromatic ring is 1. The van der Waals surface area contributed by atoms with Crippen molar-refractivity contribution in [3.63, 3.8) is 0 Å². The monoisotopic (exact) mass is 341 g/mol. The third-order valence-corrected chi connectivity index (χ3v) is 4.55. The fraction of sp³-hybridized carbons (Fsp3) is 0.385. The minimum atomic E-state index is 0.667. The van der Waals surface area contributed by atoms with E-state index in [1.807, 2.05) is 18.2 Å². The van der Waals surface area contributed by atoms with Crippen molar-refractivity contribution in [3.8, 4) is 0 Å². The van der Waals surface area contributed by atoms with Gasteiger partial charge in [-0.3, -0.25) is 0 Å². The first kappa shape index (κ1) is 14.4. The lowest BCUT2D eigenvalue weighted by Gasteiger charge is -2.02. The van der Waals surface area contributed by atoms with E-state index in [4.69, 9.17) is 10.3 Å². The van der Waals surface area contributed by atoms with Crippen LogP contribution in [0, 0.1) is 0 Å². The van der Waals surface area contributed by atoms with Gasteiger partial charge in [-0.05, 0) is 40.5 Å². The third kappa shape index (κ3) is 4.24. The van der Waals surface area contributed by atoms with Crippen LogP contribution in [0.4, 0.5) is 5.69 Å². The summed E-state index contributed by atoms with van der Waals surface area (Å²) in [6.45, 7) is 2.15. The van der Waals surface area contributed by atoms with Gasteiger partial charge in [0.25, 0.3) is 0 Å². The Bertz CT molecular complexity index is 544. The maximum absolute atomic E-state index is 5.70. The highest BCUT2D eigenvalue weighted by Crippen LogP contribution is 2.31. The number of halogens is 1. The SMILES string of the molecule is CCCCc1noc(CSc2ccc(N)cc2Br)n1. The van der Waals surface area contributed by atoms with Gasteiger partial charge in [-0.15, -0.1) is 11.8 Å². The second-order valence-electron chi connectivity index (χ2n) is 4.19. The van der Waals surface area contributed by atoms with Gasteiger partial charge in [0, 0.05) is 21.5 Å². The number of benzene rings is 1. The Balaban J connectivity index is 1.92. The fourth-order valence-corrected chi connectivity index (χ4v) is 3.06. The van der Waals surface area contributed by atoms with Crippen LogP contribution in [-0.2, 0) is 12.2 Å². The number of unbranched alkanes of at least 4 members (excludes halogenated alkanes) is 1. The molecule has 6 heteroatoms. The fourth-order valence-electron chi connectivity index (χ4n) is 1.56. The van der Waals surface area contributed by atoms with E-state index < -0.39 is 0 Å². The number of nitrogens with zero attached hydrogens (tertiary/aromatic N) is 2. The molecule has 0 spiro atoms. The second kappa shape index (κ2) is 6.96. The molecule has 1 aromatic heterocycles. The molecular formula is C13H16BrN3OS. The molecule has 2 N–H and O–H groups in total. The summed E-state index contributed by atoms with van der Waals surface area (Å²) in [4.78, 5) is 5.48. The average molecular weight is 342 g/mol. The summed E-state index contributed by atoms with van der Waals surface area (Å²) < 4.78 is 6.21. The summed E-state index contributed by atoms with van der Waals surface area (Å²) >= 11 is 5.14. The Morgan fingerprint density at radius 3 is 3.00 bits per heavy atom. The molecule has 102 valence electrons. The lowest BCUT2D eigenvalue weighted by molar-refractivity contribution is 0.384. The first-order valence-electron chi connectivity index (χ1n) is 6.18. The van der Waals surface area contributed by atoms with Gasteiger partial charge in [0.15, 0.2) is 5.82 Å². The molecular weight excluding hydrogens is 326 g/mol. The van der Waals surface area contributed by atoms with E-state index in [0.29, 0.717) is 11.6 Å². The highest BCUT2D eigenvalue weighted by atomic mass is 79.9. The third-order valence-electron chi connectivity index (χ3n) is 2.57. The van der Waals surface area contributed by atoms with Crippen LogP contribution in [0.1, 0.15) is 31.5 Å². The number of anilines is 1. The topological polar surface area (TPSA) is 64.9 Å². The first-order chi connectivity index (χ1) is 9.19. The molecule has 0 radical (unpaired) electrons. The number of aromatic nitrogens is 2. The Labute approximate surface area is 125 Å². The van der Waals surface area contributed by atoms with Crippen molar-refractivity contribution in [2.75, 3.05) is 5.73 Å². The van der Waals surface area contributed by atoms with Crippen molar-refractivity contribution in [3.05, 3.63) is 34.4 Å². The van der Waals surface area contributed by atoms with E-state index in [1.54, 1.807) is 11.8 Å². The number of hydrogen-bond donors (Lipinski definition) is 1. The van der Waals surface area contributed by atoms with Gasteiger partial charge in [-0.25, -0.2) is 0 Å². The molecule has 19 heavy (non-hydrogen) atoms. The van der Waals surface area contributed by atoms with E-state index >= 15 is 0 Å². The van der Waals surface area contributed by atoms with Crippen LogP contribution < -0.4 is 5.73 Å². The molecule has 1 aromatic carbocycles. The van der Waals surface area contributed by atoms with Crippen LogP contribution in [0.2, 0.25) is 0 Å². The maximum Gasteiger partial charge on any atom is 0.237 e. The van der Waals surface area contributed by atoms with Gasteiger partial charge in [0.2, 0.25) is 5.89 Å². The normalized spacial score (nSPS) is 10.8. The van der Waals surface area contributed by atoms with E-state index in [0.717, 1.165) is 40.1 Å². The summed E-state index contributed by atoms with van der Waals surface area (Å²) in [5.74, 6) is 2.13. The standard InChI is InChI=1S/C13H16BrN3OS/c1-2-3-4-12-16-13(18-17-12)8-19-11-6-5-9(15)7-10(11)14/h5-7H,2-4,8,15H2,1H3. The zero-order valence-electron chi connectivity index (χ0n) is 10.7. The zero-order valence-corrected chi connectivity index (χ0v) is 13.1. The molecule has 1 heterocycles. The van der Waals surface area contributed by atoms with Crippen molar-refractivity contribution < 1.29 is 4.52 Å². The number of thioether (sulfide) groups is 1. The summed E-state index contributed by atoms with van der Waals surface area (Å²) in [7, 11) is 0. The lowest BCUT2D eigenvalue weighted by Crippen LogP contribution is -1.88. The van der Waals surface area contributed by atoms with Gasteiger partial charge in [0.1, 0.15) is 0 Å². The minimum absolute atomic E-state index is 0.667. The van der Waals surface area contributed by atoms with Gasteiger partial charge in [-0.2, -0.15) is 4.98 Å². The van der Waals surface area contributed by atoms with E-state index in [1.165, 1.54) is 0 Å². The highest BCUT2D eigenvalue weighted by Gasteiger charge is 2.08. The van der Waals surface area contributed by atoms with E-state index in [9.17, 15) is 0 Å². The van der Waals surface area contributed by atoms with Crippen molar-refractivity contribution in [1.82, 2.24) is 10.1 Å². The molecule has 4 nitrogen and oxygen atoms in total. The molecule has 0 fully saturated rings. The van der Waals surface area contributed by atoms with Gasteiger partial charge in [0.05, 0.1) is 5.75 Å². The number of hydrogen-bond acceptors (Lipinski definition) is 5. The molecule has 0 atom stereocenters. The van der Waals surface area contributed by atoms with Crippen molar-refractivity contribution >= 4 is 33.4 Å². The predicted octanol–water partition coefficient (Wildman–Crippen LogP) is 4.05. The summed E-state index contributed by atoms with van der Waals surface area (Å²) in [5.41, 5.74) is 6.45.